The molecule has 1 aromatic rings. The molecule has 158 valence electrons. The number of hydrogen-bond acceptors (Lipinski definition) is 9. The molecule has 0 unspecified atom stereocenters. The van der Waals surface area contributed by atoms with Crippen molar-refractivity contribution in [3.8, 4) is 11.5 Å². The minimum absolute atomic E-state index is 0.274. The number of dihydropyridines is 1. The number of benzene rings is 1. The van der Waals surface area contributed by atoms with Gasteiger partial charge in [0.1, 0.15) is 11.5 Å². The monoisotopic (exact) mass is 407 g/mol. The molecule has 1 aromatic carbocycles. The summed E-state index contributed by atoms with van der Waals surface area (Å²) in [5, 5.41) is 3.04. The molecule has 0 aromatic heterocycles. The lowest BCUT2D eigenvalue weighted by Crippen LogP contribution is -2.31. The first-order valence-corrected chi connectivity index (χ1v) is 8.75. The maximum absolute atomic E-state index is 11.8. The summed E-state index contributed by atoms with van der Waals surface area (Å²) in [6.07, 6.45) is -1.42. The molecule has 1 N–H and O–H groups in total. The summed E-state index contributed by atoms with van der Waals surface area (Å²) in [7, 11) is 5.51. The number of hydrogen-bond donors (Lipinski definition) is 1. The maximum atomic E-state index is 11.8. The molecule has 0 saturated heterocycles. The normalized spacial score (nSPS) is 14.1. The fourth-order valence-corrected chi connectivity index (χ4v) is 3.03. The van der Waals surface area contributed by atoms with Gasteiger partial charge in [0.25, 0.3) is 0 Å². The van der Waals surface area contributed by atoms with Crippen molar-refractivity contribution in [3.05, 3.63) is 46.7 Å². The summed E-state index contributed by atoms with van der Waals surface area (Å²) in [5.41, 5.74) is 2.03. The van der Waals surface area contributed by atoms with Crippen LogP contribution in [-0.2, 0) is 25.4 Å². The Labute approximate surface area is 169 Å². The standard InChI is InChI=1S/C20H25NO8/c1-11-17(28-19(22)26-5)14(18(12(2)21-11)29-20(23)27-6)9-13-7-8-15(24-3)16(10-13)25-4/h7-8,10,14,21H,9H2,1-6H3. The van der Waals surface area contributed by atoms with Gasteiger partial charge in [-0.05, 0) is 38.0 Å². The van der Waals surface area contributed by atoms with Gasteiger partial charge in [0, 0.05) is 0 Å². The predicted molar refractivity (Wildman–Crippen MR) is 102 cm³/mol. The summed E-state index contributed by atoms with van der Waals surface area (Å²) in [6.45, 7) is 3.50. The van der Waals surface area contributed by atoms with Crippen LogP contribution in [0.15, 0.2) is 41.1 Å². The van der Waals surface area contributed by atoms with Crippen molar-refractivity contribution in [3.63, 3.8) is 0 Å². The summed E-state index contributed by atoms with van der Waals surface area (Å²) in [5.74, 6) is 1.09. The van der Waals surface area contributed by atoms with Gasteiger partial charge in [-0.25, -0.2) is 9.59 Å². The smallest absolute Gasteiger partial charge is 0.493 e. The second-order valence-corrected chi connectivity index (χ2v) is 6.16. The molecule has 0 atom stereocenters. The Balaban J connectivity index is 2.46. The van der Waals surface area contributed by atoms with Crippen LogP contribution >= 0.6 is 0 Å². The predicted octanol–water partition coefficient (Wildman–Crippen LogP) is 3.49. The highest BCUT2D eigenvalue weighted by atomic mass is 16.7. The molecule has 1 heterocycles. The Morgan fingerprint density at radius 3 is 1.83 bits per heavy atom. The molecule has 2 rings (SSSR count). The molecule has 9 nitrogen and oxygen atoms in total. The van der Waals surface area contributed by atoms with E-state index in [0.717, 1.165) is 5.56 Å². The number of carbonyl (C=O) groups is 2. The third-order valence-corrected chi connectivity index (χ3v) is 4.35. The minimum Gasteiger partial charge on any atom is -0.493 e. The molecule has 0 aliphatic carbocycles. The Hall–Kier alpha value is -3.36. The summed E-state index contributed by atoms with van der Waals surface area (Å²) >= 11 is 0. The van der Waals surface area contributed by atoms with E-state index in [9.17, 15) is 9.59 Å². The van der Waals surface area contributed by atoms with E-state index in [2.05, 4.69) is 14.8 Å². The highest BCUT2D eigenvalue weighted by Gasteiger charge is 2.34. The van der Waals surface area contributed by atoms with Gasteiger partial charge in [-0.15, -0.1) is 0 Å². The lowest BCUT2D eigenvalue weighted by Gasteiger charge is -2.30. The van der Waals surface area contributed by atoms with Crippen LogP contribution in [-0.4, -0.2) is 40.7 Å². The van der Waals surface area contributed by atoms with E-state index in [0.29, 0.717) is 29.3 Å². The van der Waals surface area contributed by atoms with Gasteiger partial charge in [-0.3, -0.25) is 0 Å². The van der Waals surface area contributed by atoms with Gasteiger partial charge >= 0.3 is 12.3 Å². The van der Waals surface area contributed by atoms with Crippen LogP contribution in [0.1, 0.15) is 19.4 Å². The quantitative estimate of drug-likeness (QED) is 0.710. The van der Waals surface area contributed by atoms with Gasteiger partial charge in [-0.2, -0.15) is 0 Å². The Morgan fingerprint density at radius 2 is 1.38 bits per heavy atom. The Kier molecular flexibility index (Phi) is 7.35. The third kappa shape index (κ3) is 5.13. The maximum Gasteiger partial charge on any atom is 0.513 e. The van der Waals surface area contributed by atoms with Gasteiger partial charge in [0.2, 0.25) is 0 Å². The lowest BCUT2D eigenvalue weighted by molar-refractivity contribution is 0.0713. The Morgan fingerprint density at radius 1 is 0.862 bits per heavy atom. The van der Waals surface area contributed by atoms with Gasteiger partial charge in [-0.1, -0.05) is 6.07 Å². The molecule has 0 spiro atoms. The molecular formula is C20H25NO8. The highest BCUT2D eigenvalue weighted by molar-refractivity contribution is 5.63. The summed E-state index contributed by atoms with van der Waals surface area (Å²) < 4.78 is 30.6. The van der Waals surface area contributed by atoms with Crippen molar-refractivity contribution in [1.82, 2.24) is 5.32 Å². The van der Waals surface area contributed by atoms with Crippen LogP contribution in [0, 0.1) is 5.92 Å². The van der Waals surface area contributed by atoms with Crippen molar-refractivity contribution < 1.29 is 38.0 Å². The molecular weight excluding hydrogens is 382 g/mol. The van der Waals surface area contributed by atoms with Crippen molar-refractivity contribution in [2.45, 2.75) is 20.3 Å². The van der Waals surface area contributed by atoms with Crippen molar-refractivity contribution >= 4 is 12.3 Å². The molecule has 0 fully saturated rings. The van der Waals surface area contributed by atoms with E-state index in [-0.39, 0.29) is 11.5 Å². The molecule has 0 amide bonds. The van der Waals surface area contributed by atoms with E-state index in [1.165, 1.54) is 21.3 Å². The van der Waals surface area contributed by atoms with E-state index < -0.39 is 18.2 Å². The van der Waals surface area contributed by atoms with Crippen molar-refractivity contribution in [1.29, 1.82) is 0 Å². The van der Waals surface area contributed by atoms with Gasteiger partial charge in [0.05, 0.1) is 45.8 Å². The van der Waals surface area contributed by atoms with E-state index in [1.54, 1.807) is 33.1 Å². The lowest BCUT2D eigenvalue weighted by atomic mass is 9.91. The first kappa shape index (κ1) is 21.9. The average Bonchev–Trinajstić information content (AvgIpc) is 2.72. The highest BCUT2D eigenvalue weighted by Crippen LogP contribution is 2.36. The average molecular weight is 407 g/mol. The second-order valence-electron chi connectivity index (χ2n) is 6.16. The van der Waals surface area contributed by atoms with E-state index >= 15 is 0 Å². The van der Waals surface area contributed by atoms with Crippen LogP contribution in [0.5, 0.6) is 11.5 Å². The van der Waals surface area contributed by atoms with Crippen LogP contribution in [0.3, 0.4) is 0 Å². The summed E-state index contributed by atoms with van der Waals surface area (Å²) in [6, 6.07) is 5.42. The zero-order valence-corrected chi connectivity index (χ0v) is 17.3. The SMILES string of the molecule is COC(=O)OC1=C(C)NC(C)=C(OC(=O)OC)C1Cc1ccc(OC)c(OC)c1. The first-order chi connectivity index (χ1) is 13.8. The van der Waals surface area contributed by atoms with Crippen LogP contribution in [0.4, 0.5) is 9.59 Å². The topological polar surface area (TPSA) is 102 Å². The minimum atomic E-state index is -0.879. The van der Waals surface area contributed by atoms with Crippen LogP contribution < -0.4 is 14.8 Å². The molecule has 0 saturated carbocycles. The summed E-state index contributed by atoms with van der Waals surface area (Å²) in [4.78, 5) is 23.6. The third-order valence-electron chi connectivity index (χ3n) is 4.35. The van der Waals surface area contributed by atoms with E-state index in [4.69, 9.17) is 18.9 Å². The number of methoxy groups -OCH3 is 4. The zero-order valence-electron chi connectivity index (χ0n) is 17.3. The molecule has 0 bridgehead atoms. The van der Waals surface area contributed by atoms with Gasteiger partial charge in [0.15, 0.2) is 11.5 Å². The van der Waals surface area contributed by atoms with Crippen molar-refractivity contribution in [2.24, 2.45) is 5.92 Å². The van der Waals surface area contributed by atoms with Crippen molar-refractivity contribution in [2.75, 3.05) is 28.4 Å². The number of allylic oxidation sites excluding steroid dienone is 2. The van der Waals surface area contributed by atoms with Crippen LogP contribution in [0.2, 0.25) is 0 Å². The number of ether oxygens (including phenoxy) is 6. The number of carbonyl (C=O) groups excluding carboxylic acids is 2. The Bertz CT molecular complexity index is 803. The number of nitrogens with one attached hydrogen (secondary N) is 1. The fourth-order valence-electron chi connectivity index (χ4n) is 3.03. The largest absolute Gasteiger partial charge is 0.513 e. The second kappa shape index (κ2) is 9.72. The molecule has 29 heavy (non-hydrogen) atoms. The van der Waals surface area contributed by atoms with Crippen LogP contribution in [0.25, 0.3) is 0 Å². The molecule has 1 aliphatic rings. The van der Waals surface area contributed by atoms with E-state index in [1.807, 2.05) is 6.07 Å². The first-order valence-electron chi connectivity index (χ1n) is 8.75. The molecule has 0 radical (unpaired) electrons. The zero-order chi connectivity index (χ0) is 21.6. The van der Waals surface area contributed by atoms with Gasteiger partial charge < -0.3 is 33.7 Å². The molecule has 1 aliphatic heterocycles. The molecule has 9 heteroatoms. The number of rotatable bonds is 6. The fraction of sp³-hybridized carbons (Fsp3) is 0.400.